The molecule has 32 nitrogen and oxygen atoms in total. The van der Waals surface area contributed by atoms with Crippen molar-refractivity contribution < 1.29 is 141 Å². The van der Waals surface area contributed by atoms with Crippen molar-refractivity contribution in [3.63, 3.8) is 0 Å². The van der Waals surface area contributed by atoms with Gasteiger partial charge in [0, 0.05) is 18.7 Å². The van der Waals surface area contributed by atoms with Crippen LogP contribution in [0.25, 0.3) is 0 Å². The molecule has 0 saturated carbocycles. The van der Waals surface area contributed by atoms with Gasteiger partial charge in [0.2, 0.25) is 0 Å². The summed E-state index contributed by atoms with van der Waals surface area (Å²) in [5.74, 6) is -16.5. The third-order valence-electron chi connectivity index (χ3n) is 11.6. The number of esters is 12. The van der Waals surface area contributed by atoms with Crippen molar-refractivity contribution in [2.24, 2.45) is 0 Å². The van der Waals surface area contributed by atoms with Gasteiger partial charge in [0.25, 0.3) is 15.9 Å². The smallest absolute Gasteiger partial charge is 0.347 e. The first-order valence-corrected chi connectivity index (χ1v) is 29.7. The Morgan fingerprint density at radius 1 is 0.459 bits per heavy atom. The van der Waals surface area contributed by atoms with Gasteiger partial charge >= 0.3 is 71.6 Å². The van der Waals surface area contributed by atoms with E-state index in [0.717, 1.165) is 82.2 Å². The van der Waals surface area contributed by atoms with E-state index in [4.69, 9.17) is 61.6 Å². The predicted octanol–water partition coefficient (Wildman–Crippen LogP) is -0.0152. The van der Waals surface area contributed by atoms with Crippen molar-refractivity contribution in [2.45, 2.75) is 209 Å². The molecule has 15 atom stereocenters. The SMILES string of the molecule is CCN[C@H]1C[C@H](C)S(=O)(=O)c2sc(S(=O)(=O)NC(=O)C(C)OC(=O)C(C)OC(=O)C(C)OC(=O)C(C)OC(=O)C(C)OC(=O)C(C)OC(=O)C(C)OC(=O)C(C)OC(=O)C(C)OC(=O)C(C)OC(=O)C(C)OC(=O)C(C)OC(=O)C(C)OC)cc21. The lowest BCUT2D eigenvalue weighted by Crippen LogP contribution is -2.42. The fourth-order valence-corrected chi connectivity index (χ4v) is 11.4. The first-order valence-electron chi connectivity index (χ1n) is 25.9. The number of nitrogens with one attached hydrogen (secondary N) is 2. The van der Waals surface area contributed by atoms with Crippen LogP contribution in [0.3, 0.4) is 0 Å². The molecule has 0 fully saturated rings. The molecule has 1 aliphatic heterocycles. The Balaban J connectivity index is 1.80. The molecule has 2 N–H and O–H groups in total. The van der Waals surface area contributed by atoms with Crippen LogP contribution in [0.1, 0.15) is 122 Å². The number of amides is 1. The molecule has 478 valence electrons. The molecule has 2 rings (SSSR count). The molecule has 85 heavy (non-hydrogen) atoms. The zero-order valence-corrected chi connectivity index (χ0v) is 51.6. The minimum Gasteiger partial charge on any atom is -0.450 e. The molecule has 1 aromatic rings. The Hall–Kier alpha value is -7.37. The molecule has 0 bridgehead atoms. The quantitative estimate of drug-likeness (QED) is 0.0755. The van der Waals surface area contributed by atoms with E-state index in [1.165, 1.54) is 27.9 Å². The van der Waals surface area contributed by atoms with Crippen LogP contribution >= 0.6 is 11.3 Å². The summed E-state index contributed by atoms with van der Waals surface area (Å²) < 4.78 is 117. The highest BCUT2D eigenvalue weighted by molar-refractivity contribution is 7.95. The maximum absolute atomic E-state index is 13.2. The average Bonchev–Trinajstić information content (AvgIpc) is 1.84. The van der Waals surface area contributed by atoms with Gasteiger partial charge in [0.15, 0.2) is 89.2 Å². The molecular formula is C50H70N2O30S3. The van der Waals surface area contributed by atoms with Crippen molar-refractivity contribution in [2.75, 3.05) is 13.7 Å². The van der Waals surface area contributed by atoms with Gasteiger partial charge in [-0.1, -0.05) is 6.92 Å². The van der Waals surface area contributed by atoms with Crippen LogP contribution in [-0.4, -0.2) is 193 Å². The highest BCUT2D eigenvalue weighted by Gasteiger charge is 2.41. The van der Waals surface area contributed by atoms with Gasteiger partial charge in [-0.25, -0.2) is 79.1 Å². The Labute approximate surface area is 492 Å². The van der Waals surface area contributed by atoms with E-state index in [1.54, 1.807) is 11.6 Å². The van der Waals surface area contributed by atoms with Crippen molar-refractivity contribution in [3.8, 4) is 0 Å². The number of ether oxygens (including phenoxy) is 13. The number of rotatable bonds is 30. The lowest BCUT2D eigenvalue weighted by atomic mass is 10.1. The number of sulfonamides is 1. The summed E-state index contributed by atoms with van der Waals surface area (Å²) in [6, 6.07) is 0.675. The number of fused-ring (bicyclic) bond motifs is 1. The number of hydrogen-bond acceptors (Lipinski definition) is 32. The van der Waals surface area contributed by atoms with E-state index in [9.17, 15) is 79.2 Å². The number of hydrogen-bond donors (Lipinski definition) is 2. The normalized spacial score (nSPS) is 19.0. The van der Waals surface area contributed by atoms with Gasteiger partial charge in [0.05, 0.1) is 5.25 Å². The van der Waals surface area contributed by atoms with Crippen molar-refractivity contribution in [3.05, 3.63) is 11.6 Å². The van der Waals surface area contributed by atoms with Crippen LogP contribution in [0.2, 0.25) is 0 Å². The monoisotopic (exact) mass is 1270 g/mol. The third kappa shape index (κ3) is 21.6. The van der Waals surface area contributed by atoms with E-state index < -0.39 is 192 Å². The topological polar surface area (TPSA) is 434 Å². The van der Waals surface area contributed by atoms with Gasteiger partial charge in [-0.2, -0.15) is 0 Å². The summed E-state index contributed by atoms with van der Waals surface area (Å²) in [6.07, 6.45) is -21.4. The second-order valence-electron chi connectivity index (χ2n) is 18.8. The van der Waals surface area contributed by atoms with Crippen molar-refractivity contribution in [1.82, 2.24) is 10.0 Å². The first kappa shape index (κ1) is 73.7. The molecule has 1 aliphatic rings. The van der Waals surface area contributed by atoms with Gasteiger partial charge < -0.3 is 66.9 Å². The minimum absolute atomic E-state index is 0.166. The lowest BCUT2D eigenvalue weighted by Gasteiger charge is -2.27. The van der Waals surface area contributed by atoms with Gasteiger partial charge in [-0.15, -0.1) is 11.3 Å². The predicted molar refractivity (Wildman–Crippen MR) is 280 cm³/mol. The second kappa shape index (κ2) is 32.2. The van der Waals surface area contributed by atoms with Gasteiger partial charge in [0.1, 0.15) is 8.42 Å². The first-order chi connectivity index (χ1) is 39.2. The largest absolute Gasteiger partial charge is 0.450 e. The van der Waals surface area contributed by atoms with E-state index in [1.807, 2.05) is 0 Å². The molecular weight excluding hydrogens is 1200 g/mol. The highest BCUT2D eigenvalue weighted by atomic mass is 32.3. The number of thiophene rings is 1. The Bertz CT molecular complexity index is 2900. The number of methoxy groups -OCH3 is 1. The maximum atomic E-state index is 13.2. The summed E-state index contributed by atoms with van der Waals surface area (Å²) in [5.41, 5.74) is 0.230. The molecule has 2 heterocycles. The molecule has 0 spiro atoms. The molecule has 13 unspecified atom stereocenters. The van der Waals surface area contributed by atoms with Gasteiger partial charge in [-0.3, -0.25) is 4.79 Å². The van der Waals surface area contributed by atoms with Crippen LogP contribution in [0.15, 0.2) is 14.5 Å². The van der Waals surface area contributed by atoms with Crippen molar-refractivity contribution >= 4 is 109 Å². The average molecular weight is 1280 g/mol. The zero-order valence-electron chi connectivity index (χ0n) is 49.1. The third-order valence-corrected chi connectivity index (χ3v) is 17.3. The fourth-order valence-electron chi connectivity index (χ4n) is 6.36. The zero-order chi connectivity index (χ0) is 65.3. The van der Waals surface area contributed by atoms with E-state index >= 15 is 0 Å². The summed E-state index contributed by atoms with van der Waals surface area (Å²) >= 11 is 0.456. The molecule has 0 aromatic carbocycles. The van der Waals surface area contributed by atoms with E-state index in [0.29, 0.717) is 17.9 Å². The molecule has 0 radical (unpaired) electrons. The summed E-state index contributed by atoms with van der Waals surface area (Å²) in [4.78, 5) is 163. The van der Waals surface area contributed by atoms with Gasteiger partial charge in [-0.05, 0) is 116 Å². The summed E-state index contributed by atoms with van der Waals surface area (Å²) in [5, 5.41) is 2.29. The summed E-state index contributed by atoms with van der Waals surface area (Å²) in [7, 11) is -7.30. The Morgan fingerprint density at radius 2 is 0.694 bits per heavy atom. The molecule has 35 heteroatoms. The molecule has 1 amide bonds. The van der Waals surface area contributed by atoms with Crippen molar-refractivity contribution in [1.29, 1.82) is 0 Å². The minimum atomic E-state index is -4.68. The number of sulfone groups is 1. The Morgan fingerprint density at radius 3 is 0.929 bits per heavy atom. The summed E-state index contributed by atoms with van der Waals surface area (Å²) in [6.45, 7) is 17.5. The molecule has 1 aromatic heterocycles. The van der Waals surface area contributed by atoms with E-state index in [2.05, 4.69) is 5.32 Å². The van der Waals surface area contributed by atoms with Crippen LogP contribution < -0.4 is 10.0 Å². The van der Waals surface area contributed by atoms with Crippen LogP contribution in [-0.2, 0) is 144 Å². The Kier molecular flexibility index (Phi) is 28.0. The highest BCUT2D eigenvalue weighted by Crippen LogP contribution is 2.42. The molecule has 0 aliphatic carbocycles. The lowest BCUT2D eigenvalue weighted by molar-refractivity contribution is -0.190. The fraction of sp³-hybridized carbons (Fsp3) is 0.660. The number of carbonyl (C=O) groups is 13. The van der Waals surface area contributed by atoms with Crippen LogP contribution in [0, 0.1) is 0 Å². The molecule has 0 saturated heterocycles. The van der Waals surface area contributed by atoms with Crippen LogP contribution in [0.5, 0.6) is 0 Å². The number of carbonyl (C=O) groups excluding carboxylic acids is 13. The standard InChI is InChI=1S/C50H70N2O30S3/c1-17-51-35-18-20(2)84(66,67)50-34(35)19-36(83-50)85(68,69)52-37(53)21(3)71-39(55)23(5)73-41(57)25(7)75-43(59)27(9)77-45(61)29(11)79-47(63)31(13)81-49(65)33(15)82-48(64)32(14)80-46(62)30(12)78-44(60)28(10)76-42(58)26(8)74-40(56)24(6)72-38(54)22(4)70-16/h19-33,35,51H,17-18H2,1-16H3,(H,52,53)/t20-,21?,22?,23?,24?,25?,26?,27?,28?,29?,30?,31?,32?,33?,35-/m0/s1. The van der Waals surface area contributed by atoms with Crippen LogP contribution in [0.4, 0.5) is 0 Å². The van der Waals surface area contributed by atoms with E-state index in [-0.39, 0.29) is 16.2 Å². The maximum Gasteiger partial charge on any atom is 0.347 e. The second-order valence-corrected chi connectivity index (χ2v) is 24.3.